The Kier molecular flexibility index (Phi) is 4.09. The van der Waals surface area contributed by atoms with Gasteiger partial charge < -0.3 is 0 Å². The van der Waals surface area contributed by atoms with Crippen LogP contribution in [0.15, 0.2) is 30.3 Å². The van der Waals surface area contributed by atoms with Crippen LogP contribution in [0.25, 0.3) is 0 Å². The summed E-state index contributed by atoms with van der Waals surface area (Å²) in [4.78, 5) is 11.8. The molecular formula is C14H7ClF4O. The Hall–Kier alpha value is -1.88. The summed E-state index contributed by atoms with van der Waals surface area (Å²) in [7, 11) is 0. The molecule has 0 atom stereocenters. The van der Waals surface area contributed by atoms with Gasteiger partial charge in [-0.2, -0.15) is 0 Å². The van der Waals surface area contributed by atoms with E-state index in [4.69, 9.17) is 11.6 Å². The molecule has 0 saturated carbocycles. The largest absolute Gasteiger partial charge is 0.294 e. The second-order valence-electron chi connectivity index (χ2n) is 4.08. The van der Waals surface area contributed by atoms with Gasteiger partial charge in [0.1, 0.15) is 23.3 Å². The highest BCUT2D eigenvalue weighted by molar-refractivity contribution is 6.31. The Balaban J connectivity index is 2.33. The maximum atomic E-state index is 13.4. The summed E-state index contributed by atoms with van der Waals surface area (Å²) < 4.78 is 52.5. The minimum Gasteiger partial charge on any atom is -0.294 e. The van der Waals surface area contributed by atoms with E-state index in [0.717, 1.165) is 12.1 Å². The number of rotatable bonds is 3. The number of hydrogen-bond donors (Lipinski definition) is 0. The number of carbonyl (C=O) groups excluding carboxylic acids is 1. The van der Waals surface area contributed by atoms with Gasteiger partial charge in [0.25, 0.3) is 0 Å². The summed E-state index contributed by atoms with van der Waals surface area (Å²) in [5, 5.41) is -0.0266. The standard InChI is InChI=1S/C14H7ClF4O/c15-10-4-8(16)2-1-7(10)3-13(20)14-11(18)5-9(17)6-12(14)19/h1-2,4-6H,3H2. The molecule has 0 unspecified atom stereocenters. The van der Waals surface area contributed by atoms with Gasteiger partial charge in [-0.05, 0) is 17.7 Å². The van der Waals surface area contributed by atoms with Gasteiger partial charge >= 0.3 is 0 Å². The molecular weight excluding hydrogens is 296 g/mol. The van der Waals surface area contributed by atoms with E-state index in [1.54, 1.807) is 0 Å². The van der Waals surface area contributed by atoms with Crippen LogP contribution in [-0.4, -0.2) is 5.78 Å². The highest BCUT2D eigenvalue weighted by Gasteiger charge is 2.20. The summed E-state index contributed by atoms with van der Waals surface area (Å²) in [6, 6.07) is 4.15. The quantitative estimate of drug-likeness (QED) is 0.609. The normalized spacial score (nSPS) is 10.7. The SMILES string of the molecule is O=C(Cc1ccc(F)cc1Cl)c1c(F)cc(F)cc1F. The lowest BCUT2D eigenvalue weighted by molar-refractivity contribution is 0.0984. The number of Topliss-reactive ketones (excluding diaryl/α,β-unsaturated/α-hetero) is 1. The molecule has 0 N–H and O–H groups in total. The van der Waals surface area contributed by atoms with Crippen LogP contribution in [0.3, 0.4) is 0 Å². The first-order valence-corrected chi connectivity index (χ1v) is 5.88. The van der Waals surface area contributed by atoms with Crippen LogP contribution in [0.4, 0.5) is 17.6 Å². The predicted octanol–water partition coefficient (Wildman–Crippen LogP) is 4.32. The summed E-state index contributed by atoms with van der Waals surface area (Å²) in [6.45, 7) is 0. The van der Waals surface area contributed by atoms with Crippen molar-refractivity contribution in [1.82, 2.24) is 0 Å². The zero-order valence-electron chi connectivity index (χ0n) is 9.89. The Bertz CT molecular complexity index is 662. The fourth-order valence-electron chi connectivity index (χ4n) is 1.73. The molecule has 1 nitrogen and oxygen atoms in total. The van der Waals surface area contributed by atoms with E-state index in [0.29, 0.717) is 12.1 Å². The Morgan fingerprint density at radius 1 is 0.950 bits per heavy atom. The van der Waals surface area contributed by atoms with Crippen LogP contribution in [0.2, 0.25) is 5.02 Å². The molecule has 2 aromatic rings. The lowest BCUT2D eigenvalue weighted by Gasteiger charge is -2.06. The number of ketones is 1. The molecule has 0 spiro atoms. The van der Waals surface area contributed by atoms with Gasteiger partial charge in [0.15, 0.2) is 5.78 Å². The molecule has 0 aliphatic heterocycles. The molecule has 0 aromatic heterocycles. The van der Waals surface area contributed by atoms with Crippen molar-refractivity contribution in [2.24, 2.45) is 0 Å². The third kappa shape index (κ3) is 2.99. The summed E-state index contributed by atoms with van der Waals surface area (Å²) in [5.41, 5.74) is -0.618. The summed E-state index contributed by atoms with van der Waals surface area (Å²) >= 11 is 5.73. The van der Waals surface area contributed by atoms with E-state index in [9.17, 15) is 22.4 Å². The molecule has 6 heteroatoms. The van der Waals surface area contributed by atoms with Gasteiger partial charge in [-0.1, -0.05) is 17.7 Å². The van der Waals surface area contributed by atoms with Crippen molar-refractivity contribution >= 4 is 17.4 Å². The molecule has 104 valence electrons. The van der Waals surface area contributed by atoms with Crippen LogP contribution in [0, 0.1) is 23.3 Å². The zero-order chi connectivity index (χ0) is 14.9. The first-order valence-electron chi connectivity index (χ1n) is 5.50. The van der Waals surface area contributed by atoms with Crippen molar-refractivity contribution in [3.63, 3.8) is 0 Å². The molecule has 0 aliphatic rings. The molecule has 0 bridgehead atoms. The molecule has 0 radical (unpaired) electrons. The van der Waals surface area contributed by atoms with Crippen molar-refractivity contribution in [2.45, 2.75) is 6.42 Å². The van der Waals surface area contributed by atoms with Crippen LogP contribution >= 0.6 is 11.6 Å². The van der Waals surface area contributed by atoms with Crippen molar-refractivity contribution in [3.05, 3.63) is 69.8 Å². The van der Waals surface area contributed by atoms with Crippen LogP contribution in [0.1, 0.15) is 15.9 Å². The van der Waals surface area contributed by atoms with Crippen LogP contribution < -0.4 is 0 Å². The zero-order valence-corrected chi connectivity index (χ0v) is 10.6. The van der Waals surface area contributed by atoms with E-state index in [1.165, 1.54) is 6.07 Å². The number of benzene rings is 2. The van der Waals surface area contributed by atoms with E-state index < -0.39 is 41.0 Å². The first-order chi connectivity index (χ1) is 9.38. The fraction of sp³-hybridized carbons (Fsp3) is 0.0714. The first kappa shape index (κ1) is 14.5. The van der Waals surface area contributed by atoms with Crippen molar-refractivity contribution in [2.75, 3.05) is 0 Å². The van der Waals surface area contributed by atoms with Crippen molar-refractivity contribution in [1.29, 1.82) is 0 Å². The molecule has 2 rings (SSSR count). The second kappa shape index (κ2) is 5.63. The van der Waals surface area contributed by atoms with Gasteiger partial charge in [0.2, 0.25) is 0 Å². The van der Waals surface area contributed by atoms with E-state index in [1.807, 2.05) is 0 Å². The van der Waals surface area contributed by atoms with Crippen molar-refractivity contribution < 1.29 is 22.4 Å². The smallest absolute Gasteiger partial charge is 0.173 e. The summed E-state index contributed by atoms with van der Waals surface area (Å²) in [5.74, 6) is -5.19. The third-order valence-corrected chi connectivity index (χ3v) is 3.00. The van der Waals surface area contributed by atoms with E-state index in [2.05, 4.69) is 0 Å². The van der Waals surface area contributed by atoms with Gasteiger partial charge in [0.05, 0.1) is 5.56 Å². The molecule has 0 aliphatic carbocycles. The lowest BCUT2D eigenvalue weighted by atomic mass is 10.0. The van der Waals surface area contributed by atoms with E-state index in [-0.39, 0.29) is 10.6 Å². The van der Waals surface area contributed by atoms with Crippen LogP contribution in [-0.2, 0) is 6.42 Å². The second-order valence-corrected chi connectivity index (χ2v) is 4.49. The Morgan fingerprint density at radius 2 is 1.55 bits per heavy atom. The number of hydrogen-bond acceptors (Lipinski definition) is 1. The Labute approximate surface area is 116 Å². The average molecular weight is 303 g/mol. The highest BCUT2D eigenvalue weighted by atomic mass is 35.5. The molecule has 0 fully saturated rings. The number of carbonyl (C=O) groups is 1. The highest BCUT2D eigenvalue weighted by Crippen LogP contribution is 2.22. The topological polar surface area (TPSA) is 17.1 Å². The molecule has 20 heavy (non-hydrogen) atoms. The van der Waals surface area contributed by atoms with Gasteiger partial charge in [-0.15, -0.1) is 0 Å². The third-order valence-electron chi connectivity index (χ3n) is 2.65. The molecule has 0 amide bonds. The van der Waals surface area contributed by atoms with Gasteiger partial charge in [0, 0.05) is 23.6 Å². The van der Waals surface area contributed by atoms with Crippen LogP contribution in [0.5, 0.6) is 0 Å². The maximum Gasteiger partial charge on any atom is 0.173 e. The molecule has 0 saturated heterocycles. The number of halogens is 5. The van der Waals surface area contributed by atoms with Crippen molar-refractivity contribution in [3.8, 4) is 0 Å². The predicted molar refractivity (Wildman–Crippen MR) is 65.8 cm³/mol. The lowest BCUT2D eigenvalue weighted by Crippen LogP contribution is -2.10. The van der Waals surface area contributed by atoms with Gasteiger partial charge in [-0.25, -0.2) is 17.6 Å². The molecule has 2 aromatic carbocycles. The Morgan fingerprint density at radius 3 is 2.10 bits per heavy atom. The minimum absolute atomic E-state index is 0.0266. The van der Waals surface area contributed by atoms with Gasteiger partial charge in [-0.3, -0.25) is 4.79 Å². The summed E-state index contributed by atoms with van der Waals surface area (Å²) in [6.07, 6.45) is -0.418. The maximum absolute atomic E-state index is 13.4. The monoisotopic (exact) mass is 302 g/mol. The fourth-order valence-corrected chi connectivity index (χ4v) is 1.97. The average Bonchev–Trinajstić information content (AvgIpc) is 2.31. The minimum atomic E-state index is -1.29. The van der Waals surface area contributed by atoms with E-state index >= 15 is 0 Å². The molecule has 0 heterocycles.